The predicted molar refractivity (Wildman–Crippen MR) is 212 cm³/mol. The quantitative estimate of drug-likeness (QED) is 0.103. The largest absolute Gasteiger partial charge is 0.493 e. The number of rotatable bonds is 6. The summed E-state index contributed by atoms with van der Waals surface area (Å²) >= 11 is 0. The van der Waals surface area contributed by atoms with E-state index in [-0.39, 0.29) is 51.7 Å². The Bertz CT molecular complexity index is 2450. The van der Waals surface area contributed by atoms with E-state index in [2.05, 4.69) is 16.8 Å². The third kappa shape index (κ3) is 7.39. The molecular weight excluding hydrogens is 749 g/mol. The fraction of sp³-hybridized carbons (Fsp3) is 0.295. The highest BCUT2D eigenvalue weighted by molar-refractivity contribution is 7.85. The molecule has 5 aromatic rings. The average Bonchev–Trinajstić information content (AvgIpc) is 3.20. The molecule has 13 heteroatoms. The second-order valence-corrected chi connectivity index (χ2v) is 16.0. The van der Waals surface area contributed by atoms with Crippen molar-refractivity contribution in [2.24, 2.45) is 0 Å². The Morgan fingerprint density at radius 2 is 1.35 bits per heavy atom. The van der Waals surface area contributed by atoms with E-state index >= 15 is 0 Å². The van der Waals surface area contributed by atoms with Crippen molar-refractivity contribution in [3.8, 4) is 46.0 Å². The second kappa shape index (κ2) is 15.4. The van der Waals surface area contributed by atoms with Crippen molar-refractivity contribution < 1.29 is 46.2 Å². The number of esters is 1. The highest BCUT2D eigenvalue weighted by Crippen LogP contribution is 2.52. The summed E-state index contributed by atoms with van der Waals surface area (Å²) in [6.07, 6.45) is 2.14. The summed E-state index contributed by atoms with van der Waals surface area (Å²) in [4.78, 5) is 17.9. The van der Waals surface area contributed by atoms with Gasteiger partial charge in [-0.2, -0.15) is 8.42 Å². The number of carbonyl (C=O) groups excluding carboxylic acids is 1. The summed E-state index contributed by atoms with van der Waals surface area (Å²) in [6, 6.07) is 24.6. The van der Waals surface area contributed by atoms with Crippen molar-refractivity contribution in [1.82, 2.24) is 9.80 Å². The molecule has 12 nitrogen and oxygen atoms in total. The van der Waals surface area contributed by atoms with E-state index in [9.17, 15) is 17.8 Å². The molecule has 0 spiro atoms. The van der Waals surface area contributed by atoms with Gasteiger partial charge >= 0.3 is 5.97 Å². The summed E-state index contributed by atoms with van der Waals surface area (Å²) in [5.74, 6) is 1.78. The van der Waals surface area contributed by atoms with Gasteiger partial charge in [0.05, 0.1) is 26.9 Å². The third-order valence-electron chi connectivity index (χ3n) is 11.2. The zero-order valence-electron chi connectivity index (χ0n) is 32.4. The highest BCUT2D eigenvalue weighted by Gasteiger charge is 2.37. The fourth-order valence-electron chi connectivity index (χ4n) is 8.18. The Morgan fingerprint density at radius 1 is 0.719 bits per heavy atom. The third-order valence-corrected chi connectivity index (χ3v) is 12.2. The average molecular weight is 793 g/mol. The van der Waals surface area contributed by atoms with Gasteiger partial charge in [-0.05, 0) is 116 Å². The topological polar surface area (TPSA) is 133 Å². The first-order chi connectivity index (χ1) is 27.4. The summed E-state index contributed by atoms with van der Waals surface area (Å²) < 4.78 is 73.8. The van der Waals surface area contributed by atoms with Crippen LogP contribution in [0.15, 0.2) is 89.8 Å². The first-order valence-electron chi connectivity index (χ1n) is 18.7. The van der Waals surface area contributed by atoms with E-state index in [1.165, 1.54) is 20.3 Å². The lowest BCUT2D eigenvalue weighted by atomic mass is 9.87. The van der Waals surface area contributed by atoms with Crippen LogP contribution >= 0.6 is 0 Å². The molecule has 5 aromatic carbocycles. The Balaban J connectivity index is 1.41. The van der Waals surface area contributed by atoms with Crippen molar-refractivity contribution in [1.29, 1.82) is 0 Å². The first kappa shape index (κ1) is 38.3. The molecule has 1 N–H and O–H groups in total. The number of methoxy groups -OCH3 is 3. The molecule has 0 radical (unpaired) electrons. The maximum atomic E-state index is 13.8. The van der Waals surface area contributed by atoms with Crippen LogP contribution in [0.25, 0.3) is 0 Å². The van der Waals surface area contributed by atoms with E-state index in [1.807, 2.05) is 55.6 Å². The van der Waals surface area contributed by atoms with E-state index in [0.717, 1.165) is 35.2 Å². The number of hydrogen-bond donors (Lipinski definition) is 1. The zero-order valence-corrected chi connectivity index (χ0v) is 33.2. The van der Waals surface area contributed by atoms with Crippen LogP contribution in [-0.2, 0) is 35.8 Å². The van der Waals surface area contributed by atoms with Gasteiger partial charge in [-0.1, -0.05) is 30.3 Å². The van der Waals surface area contributed by atoms with Crippen molar-refractivity contribution in [3.63, 3.8) is 0 Å². The lowest BCUT2D eigenvalue weighted by Gasteiger charge is -2.37. The van der Waals surface area contributed by atoms with Gasteiger partial charge in [0, 0.05) is 36.8 Å². The summed E-state index contributed by atoms with van der Waals surface area (Å²) in [5, 5.41) is 0. The minimum absolute atomic E-state index is 0.00299. The lowest BCUT2D eigenvalue weighted by molar-refractivity contribution is 0.0724. The molecule has 4 heterocycles. The van der Waals surface area contributed by atoms with Crippen LogP contribution in [0.4, 0.5) is 0 Å². The van der Waals surface area contributed by atoms with E-state index in [4.69, 9.17) is 28.4 Å². The minimum Gasteiger partial charge on any atom is -0.493 e. The van der Waals surface area contributed by atoms with Crippen molar-refractivity contribution >= 4 is 16.1 Å². The molecule has 1 unspecified atom stereocenters. The van der Waals surface area contributed by atoms with Gasteiger partial charge in [0.1, 0.15) is 10.6 Å². The van der Waals surface area contributed by atoms with Gasteiger partial charge in [-0.15, -0.1) is 0 Å². The Hall–Kier alpha value is -5.60. The Morgan fingerprint density at radius 3 is 2.04 bits per heavy atom. The maximum Gasteiger partial charge on any atom is 0.343 e. The molecule has 0 aliphatic carbocycles. The van der Waals surface area contributed by atoms with Crippen LogP contribution in [0.1, 0.15) is 55.8 Å². The standard InChI is InChI=1S/C44H44N2O10S/c1-45-17-15-28-21-35(51-3)38-24-32(28)33(45)19-26-11-13-31(14-12-26)54-37-23-30(40(57(48,49)50)25-36(37)52-4)20-34-41-29(16-18-46(34)2)22-39(53-5)42(43(41)55-38)56-44(47)27-9-7-6-8-10-27/h6-14,21-25,33-34H,15-20H2,1-5H3,(H,48,49,50)/t33?,34-/m0/s1. The summed E-state index contributed by atoms with van der Waals surface area (Å²) in [6.45, 7) is 1.44. The highest BCUT2D eigenvalue weighted by atomic mass is 32.2. The van der Waals surface area contributed by atoms with Gasteiger partial charge in [-0.25, -0.2) is 4.79 Å². The van der Waals surface area contributed by atoms with Crippen molar-refractivity contribution in [2.45, 2.75) is 42.7 Å². The summed E-state index contributed by atoms with van der Waals surface area (Å²) in [5.41, 5.74) is 5.40. The monoisotopic (exact) mass is 792 g/mol. The number of carbonyl (C=O) groups is 1. The molecule has 0 aromatic heterocycles. The van der Waals surface area contributed by atoms with Gasteiger partial charge in [0.25, 0.3) is 10.1 Å². The number of hydrogen-bond acceptors (Lipinski definition) is 11. The predicted octanol–water partition coefficient (Wildman–Crippen LogP) is 7.62. The molecule has 57 heavy (non-hydrogen) atoms. The summed E-state index contributed by atoms with van der Waals surface area (Å²) in [7, 11) is 3.81. The normalized spacial score (nSPS) is 17.9. The van der Waals surface area contributed by atoms with E-state index in [0.29, 0.717) is 47.8 Å². The van der Waals surface area contributed by atoms with Crippen LogP contribution in [0, 0.1) is 0 Å². The van der Waals surface area contributed by atoms with Crippen LogP contribution in [0.3, 0.4) is 0 Å². The SMILES string of the molecule is COc1cc(S(=O)(=O)O)c2cc1Oc1ccc(cc1)CC1c3cc(c(OC)cc3CCN1C)Oc1c(OC(=O)c3ccccc3)c(OC)cc3c1[C@H](C2)N(C)CC3. The molecular formula is C44H44N2O10S. The van der Waals surface area contributed by atoms with Crippen molar-refractivity contribution in [2.75, 3.05) is 48.5 Å². The molecule has 2 atom stereocenters. The Labute approximate surface area is 332 Å². The maximum absolute atomic E-state index is 13.8. The van der Waals surface area contributed by atoms with E-state index in [1.54, 1.807) is 37.4 Å². The first-order valence-corrected chi connectivity index (χ1v) is 20.1. The Kier molecular flexibility index (Phi) is 10.3. The number of benzene rings is 5. The van der Waals surface area contributed by atoms with Gasteiger partial charge in [0.15, 0.2) is 34.5 Å². The molecule has 4 aliphatic rings. The number of ether oxygens (including phenoxy) is 6. The zero-order chi connectivity index (χ0) is 40.0. The molecule has 0 fully saturated rings. The number of fused-ring (bicyclic) bond motifs is 2. The molecule has 0 amide bonds. The number of likely N-dealkylation sites (N-methyl/N-ethyl adjacent to an activating group) is 2. The fourth-order valence-corrected chi connectivity index (χ4v) is 8.91. The van der Waals surface area contributed by atoms with Gasteiger partial charge < -0.3 is 28.4 Å². The van der Waals surface area contributed by atoms with Crippen LogP contribution in [-0.4, -0.2) is 77.3 Å². The molecule has 6 bridgehead atoms. The van der Waals surface area contributed by atoms with Gasteiger partial charge in [0.2, 0.25) is 5.75 Å². The van der Waals surface area contributed by atoms with Crippen LogP contribution in [0.5, 0.6) is 46.0 Å². The minimum atomic E-state index is -4.74. The van der Waals surface area contributed by atoms with E-state index < -0.39 is 22.1 Å². The molecule has 9 rings (SSSR count). The smallest absolute Gasteiger partial charge is 0.343 e. The number of nitrogens with zero attached hydrogens (tertiary/aromatic N) is 2. The molecule has 4 aliphatic heterocycles. The van der Waals surface area contributed by atoms with Crippen LogP contribution in [0.2, 0.25) is 0 Å². The molecule has 0 saturated heterocycles. The molecule has 296 valence electrons. The second-order valence-electron chi connectivity index (χ2n) is 14.6. The van der Waals surface area contributed by atoms with Crippen molar-refractivity contribution in [3.05, 3.63) is 124 Å². The van der Waals surface area contributed by atoms with Gasteiger partial charge in [-0.3, -0.25) is 14.4 Å². The molecule has 0 saturated carbocycles. The lowest BCUT2D eigenvalue weighted by Crippen LogP contribution is -2.34. The van der Waals surface area contributed by atoms with Crippen LogP contribution < -0.4 is 28.4 Å².